The molecule has 0 spiro atoms. The summed E-state index contributed by atoms with van der Waals surface area (Å²) >= 11 is 1.69. The van der Waals surface area contributed by atoms with Crippen molar-refractivity contribution >= 4 is 22.5 Å². The summed E-state index contributed by atoms with van der Waals surface area (Å²) in [5.41, 5.74) is 3.47. The monoisotopic (exact) mass is 679 g/mol. The molecule has 0 radical (unpaired) electrons. The minimum absolute atomic E-state index is 0.211. The fraction of sp³-hybridized carbons (Fsp3) is 0.333. The molecule has 2 aromatic heterocycles. The van der Waals surface area contributed by atoms with Crippen LogP contribution in [-0.2, 0) is 18.9 Å². The van der Waals surface area contributed by atoms with E-state index in [1.807, 2.05) is 74.3 Å². The van der Waals surface area contributed by atoms with Crippen LogP contribution in [0.5, 0.6) is 11.5 Å². The molecule has 0 amide bonds. The summed E-state index contributed by atoms with van der Waals surface area (Å²) in [5, 5.41) is 3.24. The molecule has 0 aliphatic carbocycles. The number of hydrogen-bond donors (Lipinski definition) is 0. The van der Waals surface area contributed by atoms with Crippen LogP contribution >= 0.6 is 11.8 Å². The highest BCUT2D eigenvalue weighted by Crippen LogP contribution is 2.47. The smallest absolute Gasteiger partial charge is 0.387 e. The third kappa shape index (κ3) is 8.86. The first-order valence-electron chi connectivity index (χ1n) is 15.9. The average Bonchev–Trinajstić information content (AvgIpc) is 3.06. The first kappa shape index (κ1) is 36.7. The van der Waals surface area contributed by atoms with Crippen molar-refractivity contribution in [1.29, 1.82) is 0 Å². The van der Waals surface area contributed by atoms with Crippen LogP contribution < -0.4 is 14.0 Å². The van der Waals surface area contributed by atoms with E-state index in [9.17, 15) is 17.6 Å². The number of halogens is 4. The Kier molecular flexibility index (Phi) is 12.1. The van der Waals surface area contributed by atoms with Crippen molar-refractivity contribution in [2.24, 2.45) is 7.05 Å². The van der Waals surface area contributed by atoms with Crippen molar-refractivity contribution in [3.63, 3.8) is 0 Å². The van der Waals surface area contributed by atoms with Gasteiger partial charge in [-0.2, -0.15) is 17.6 Å². The van der Waals surface area contributed by atoms with Gasteiger partial charge in [0.25, 0.3) is 0 Å². The lowest BCUT2D eigenvalue weighted by atomic mass is 9.74. The van der Waals surface area contributed by atoms with Crippen LogP contribution in [0.2, 0.25) is 0 Å². The Bertz CT molecular complexity index is 1780. The third-order valence-electron chi connectivity index (χ3n) is 8.79. The highest BCUT2D eigenvalue weighted by atomic mass is 32.2. The minimum Gasteiger partial charge on any atom is -0.431 e. The molecular weight excluding hydrogens is 637 g/mol. The Hall–Kier alpha value is -4.11. The van der Waals surface area contributed by atoms with Gasteiger partial charge >= 0.3 is 13.2 Å². The van der Waals surface area contributed by atoms with Gasteiger partial charge in [-0.3, -0.25) is 0 Å². The van der Waals surface area contributed by atoms with Gasteiger partial charge in [0.05, 0.1) is 5.03 Å². The Morgan fingerprint density at radius 2 is 1.35 bits per heavy atom. The van der Waals surface area contributed by atoms with Crippen molar-refractivity contribution in [3.8, 4) is 11.5 Å². The lowest BCUT2D eigenvalue weighted by Crippen LogP contribution is -2.39. The topological polar surface area (TPSA) is 35.2 Å². The second-order valence-corrected chi connectivity index (χ2v) is 14.0. The Labute approximate surface area is 285 Å². The van der Waals surface area contributed by atoms with E-state index in [0.717, 1.165) is 16.2 Å². The lowest BCUT2D eigenvalue weighted by Gasteiger charge is -2.41. The average molecular weight is 680 g/mol. The summed E-state index contributed by atoms with van der Waals surface area (Å²) in [5.74, 6) is -1.23. The molecule has 0 fully saturated rings. The van der Waals surface area contributed by atoms with Crippen LogP contribution in [0.25, 0.3) is 10.8 Å². The number of rotatable bonds is 12. The summed E-state index contributed by atoms with van der Waals surface area (Å²) in [6, 6.07) is 27.0. The van der Waals surface area contributed by atoms with E-state index in [1.54, 1.807) is 24.0 Å². The summed E-state index contributed by atoms with van der Waals surface area (Å²) in [6.45, 7) is 6.53. The molecule has 48 heavy (non-hydrogen) atoms. The maximum atomic E-state index is 13.2. The summed E-state index contributed by atoms with van der Waals surface area (Å²) in [6.07, 6.45) is 6.16. The SMILES string of the molecule is CC.C[n+]1ccc(CC(c2ccc(SC(C)(C)C(C)(C)c3ccc4ccccc4c3)nc2)c2ccc(OC(F)F)c(OC(F)F)c2)cc1. The van der Waals surface area contributed by atoms with Crippen molar-refractivity contribution in [2.75, 3.05) is 0 Å². The van der Waals surface area contributed by atoms with Gasteiger partial charge < -0.3 is 9.47 Å². The molecule has 1 atom stereocenters. The fourth-order valence-corrected chi connectivity index (χ4v) is 6.56. The number of ether oxygens (including phenoxy) is 2. The third-order valence-corrected chi connectivity index (χ3v) is 10.3. The van der Waals surface area contributed by atoms with Gasteiger partial charge in [-0.15, -0.1) is 0 Å². The zero-order chi connectivity index (χ0) is 35.1. The molecule has 9 heteroatoms. The van der Waals surface area contributed by atoms with Gasteiger partial charge in [0.2, 0.25) is 0 Å². The zero-order valence-corrected chi connectivity index (χ0v) is 29.2. The van der Waals surface area contributed by atoms with E-state index in [0.29, 0.717) is 12.0 Å². The largest absolute Gasteiger partial charge is 0.431 e. The highest BCUT2D eigenvalue weighted by Gasteiger charge is 2.40. The second-order valence-electron chi connectivity index (χ2n) is 12.3. The molecule has 4 nitrogen and oxygen atoms in total. The normalized spacial score (nSPS) is 12.5. The molecule has 0 saturated heterocycles. The van der Waals surface area contributed by atoms with Gasteiger partial charge in [0.15, 0.2) is 23.9 Å². The molecule has 3 aromatic carbocycles. The molecule has 0 aliphatic heterocycles. The van der Waals surface area contributed by atoms with Crippen LogP contribution in [0.15, 0.2) is 109 Å². The lowest BCUT2D eigenvalue weighted by molar-refractivity contribution is -0.671. The molecule has 254 valence electrons. The van der Waals surface area contributed by atoms with Crippen LogP contribution in [0.1, 0.15) is 69.7 Å². The standard InChI is InChI=1S/C37H37F4N2O2S.C2H6/c1-36(2,29-13-10-25-8-6-7-9-26(25)21-29)37(3,4)46-33-15-12-28(23-42-33)30(20-24-16-18-43(5)19-17-24)27-11-14-31(44-34(38)39)32(22-27)45-35(40)41;1-2/h6-19,21-23,30,34-35H,20H2,1-5H3;1-2H3/q+1;. The second kappa shape index (κ2) is 15.9. The Morgan fingerprint density at radius 1 is 0.729 bits per heavy atom. The summed E-state index contributed by atoms with van der Waals surface area (Å²) in [4.78, 5) is 4.83. The number of thioether (sulfide) groups is 1. The number of aryl methyl sites for hydroxylation is 1. The fourth-order valence-electron chi connectivity index (χ4n) is 5.43. The zero-order valence-electron chi connectivity index (χ0n) is 28.4. The molecule has 0 bridgehead atoms. The number of fused-ring (bicyclic) bond motifs is 1. The van der Waals surface area contributed by atoms with Crippen molar-refractivity contribution in [2.45, 2.75) is 82.3 Å². The first-order chi connectivity index (χ1) is 22.8. The van der Waals surface area contributed by atoms with Crippen LogP contribution in [-0.4, -0.2) is 23.0 Å². The van der Waals surface area contributed by atoms with Crippen molar-refractivity contribution in [3.05, 3.63) is 126 Å². The number of hydrogen-bond acceptors (Lipinski definition) is 4. The summed E-state index contributed by atoms with van der Waals surface area (Å²) < 4.78 is 63.2. The maximum absolute atomic E-state index is 13.2. The van der Waals surface area contributed by atoms with Gasteiger partial charge in [-0.05, 0) is 71.5 Å². The Balaban J connectivity index is 0.00000255. The maximum Gasteiger partial charge on any atom is 0.387 e. The molecule has 5 aromatic rings. The Morgan fingerprint density at radius 3 is 1.98 bits per heavy atom. The van der Waals surface area contributed by atoms with Gasteiger partial charge in [0, 0.05) is 34.4 Å². The number of alkyl halides is 4. The molecule has 1 unspecified atom stereocenters. The highest BCUT2D eigenvalue weighted by molar-refractivity contribution is 8.00. The van der Waals surface area contributed by atoms with E-state index in [-0.39, 0.29) is 16.1 Å². The minimum atomic E-state index is -3.21. The molecular formula is C39H43F4N2O2S+. The van der Waals surface area contributed by atoms with E-state index >= 15 is 0 Å². The van der Waals surface area contributed by atoms with E-state index in [1.165, 1.54) is 28.5 Å². The molecule has 2 heterocycles. The van der Waals surface area contributed by atoms with Crippen LogP contribution in [0.4, 0.5) is 17.6 Å². The van der Waals surface area contributed by atoms with Crippen LogP contribution in [0, 0.1) is 0 Å². The van der Waals surface area contributed by atoms with E-state index in [4.69, 9.17) is 4.98 Å². The number of pyridine rings is 2. The number of nitrogens with zero attached hydrogens (tertiary/aromatic N) is 2. The molecule has 5 rings (SSSR count). The quantitative estimate of drug-likeness (QED) is 0.0747. The molecule has 0 saturated carbocycles. The predicted octanol–water partition coefficient (Wildman–Crippen LogP) is 10.5. The van der Waals surface area contributed by atoms with Gasteiger partial charge in [0.1, 0.15) is 7.05 Å². The van der Waals surface area contributed by atoms with E-state index in [2.05, 4.69) is 67.5 Å². The molecule has 0 aliphatic rings. The van der Waals surface area contributed by atoms with Crippen molar-refractivity contribution in [1.82, 2.24) is 4.98 Å². The van der Waals surface area contributed by atoms with Gasteiger partial charge in [-0.1, -0.05) is 94.1 Å². The summed E-state index contributed by atoms with van der Waals surface area (Å²) in [7, 11) is 1.92. The molecule has 0 N–H and O–H groups in total. The van der Waals surface area contributed by atoms with Gasteiger partial charge in [-0.25, -0.2) is 9.55 Å². The number of benzene rings is 3. The van der Waals surface area contributed by atoms with Crippen molar-refractivity contribution < 1.29 is 31.6 Å². The predicted molar refractivity (Wildman–Crippen MR) is 185 cm³/mol. The van der Waals surface area contributed by atoms with Crippen LogP contribution in [0.3, 0.4) is 0 Å². The number of aromatic nitrogens is 2. The van der Waals surface area contributed by atoms with E-state index < -0.39 is 24.7 Å². The first-order valence-corrected chi connectivity index (χ1v) is 16.8.